The van der Waals surface area contributed by atoms with Crippen LogP contribution in [0.15, 0.2) is 54.6 Å². The summed E-state index contributed by atoms with van der Waals surface area (Å²) in [6.07, 6.45) is 3.49. The molecule has 0 aromatic heterocycles. The first kappa shape index (κ1) is 23.7. The van der Waals surface area contributed by atoms with Gasteiger partial charge in [-0.05, 0) is 42.0 Å². The molecule has 2 aliphatic rings. The van der Waals surface area contributed by atoms with E-state index in [1.54, 1.807) is 17.0 Å². The van der Waals surface area contributed by atoms with Gasteiger partial charge in [0.25, 0.3) is 0 Å². The molecule has 8 heteroatoms. The molecule has 34 heavy (non-hydrogen) atoms. The summed E-state index contributed by atoms with van der Waals surface area (Å²) in [6, 6.07) is 14.6. The molecule has 2 N–H and O–H groups in total. The Balaban J connectivity index is 1.34. The summed E-state index contributed by atoms with van der Waals surface area (Å²) in [7, 11) is 0. The highest BCUT2D eigenvalue weighted by Crippen LogP contribution is 2.26. The average Bonchev–Trinajstić information content (AvgIpc) is 2.84. The zero-order chi connectivity index (χ0) is 23.9. The quantitative estimate of drug-likeness (QED) is 0.655. The number of amides is 3. The molecule has 3 atom stereocenters. The second kappa shape index (κ2) is 11.1. The summed E-state index contributed by atoms with van der Waals surface area (Å²) in [6.45, 7) is 0.593. The van der Waals surface area contributed by atoms with Gasteiger partial charge in [0.05, 0.1) is 6.54 Å². The standard InChI is InChI=1S/C26H30FN3O4/c27-21-12-10-18(11-13-21)14-23-25(32)30(16-24(31)28-23)15-20-8-4-5-9-22(20)29-26(33)34-17-19-6-2-1-3-7-19/h1-3,6-7,10-13,20,22-23H,4-5,8-9,14-17H2,(H,28,31)(H,29,33). The Morgan fingerprint density at radius 1 is 1.03 bits per heavy atom. The van der Waals surface area contributed by atoms with Crippen LogP contribution in [0.4, 0.5) is 9.18 Å². The van der Waals surface area contributed by atoms with Gasteiger partial charge in [-0.15, -0.1) is 0 Å². The van der Waals surface area contributed by atoms with Crippen molar-refractivity contribution in [1.82, 2.24) is 15.5 Å². The lowest BCUT2D eigenvalue weighted by atomic mass is 9.84. The van der Waals surface area contributed by atoms with Crippen molar-refractivity contribution in [2.45, 2.75) is 50.8 Å². The molecule has 1 saturated heterocycles. The number of hydrogen-bond donors (Lipinski definition) is 2. The van der Waals surface area contributed by atoms with Gasteiger partial charge in [0, 0.05) is 19.0 Å². The smallest absolute Gasteiger partial charge is 0.407 e. The summed E-state index contributed by atoms with van der Waals surface area (Å²) < 4.78 is 18.6. The largest absolute Gasteiger partial charge is 0.445 e. The second-order valence-corrected chi connectivity index (χ2v) is 9.03. The Kier molecular flexibility index (Phi) is 7.77. The van der Waals surface area contributed by atoms with Crippen LogP contribution in [0.1, 0.15) is 36.8 Å². The molecule has 4 rings (SSSR count). The van der Waals surface area contributed by atoms with Gasteiger partial charge in [0.15, 0.2) is 0 Å². The summed E-state index contributed by atoms with van der Waals surface area (Å²) in [5.41, 5.74) is 1.69. The summed E-state index contributed by atoms with van der Waals surface area (Å²) in [5.74, 6) is -0.670. The van der Waals surface area contributed by atoms with Crippen LogP contribution in [0.3, 0.4) is 0 Å². The van der Waals surface area contributed by atoms with E-state index < -0.39 is 12.1 Å². The molecular weight excluding hydrogens is 437 g/mol. The number of nitrogens with zero attached hydrogens (tertiary/aromatic N) is 1. The van der Waals surface area contributed by atoms with Crippen molar-refractivity contribution < 1.29 is 23.5 Å². The lowest BCUT2D eigenvalue weighted by molar-refractivity contribution is -0.145. The predicted molar refractivity (Wildman–Crippen MR) is 124 cm³/mol. The highest BCUT2D eigenvalue weighted by molar-refractivity contribution is 5.95. The van der Waals surface area contributed by atoms with Crippen LogP contribution >= 0.6 is 0 Å². The van der Waals surface area contributed by atoms with Gasteiger partial charge < -0.3 is 20.3 Å². The Bertz CT molecular complexity index is 999. The van der Waals surface area contributed by atoms with E-state index in [-0.39, 0.29) is 42.7 Å². The Morgan fingerprint density at radius 3 is 2.53 bits per heavy atom. The summed E-state index contributed by atoms with van der Waals surface area (Å²) >= 11 is 0. The third-order valence-electron chi connectivity index (χ3n) is 6.51. The topological polar surface area (TPSA) is 87.7 Å². The van der Waals surface area contributed by atoms with Crippen LogP contribution in [-0.4, -0.2) is 48.0 Å². The van der Waals surface area contributed by atoms with E-state index in [0.717, 1.165) is 36.8 Å². The normalized spacial score (nSPS) is 22.7. The third-order valence-corrected chi connectivity index (χ3v) is 6.51. The molecule has 1 aliphatic heterocycles. The third kappa shape index (κ3) is 6.34. The van der Waals surface area contributed by atoms with Crippen molar-refractivity contribution in [3.63, 3.8) is 0 Å². The first-order valence-electron chi connectivity index (χ1n) is 11.8. The number of carbonyl (C=O) groups excluding carboxylic acids is 3. The molecule has 2 aromatic carbocycles. The van der Waals surface area contributed by atoms with Crippen LogP contribution in [0.2, 0.25) is 0 Å². The molecule has 0 radical (unpaired) electrons. The van der Waals surface area contributed by atoms with Crippen LogP contribution in [0.25, 0.3) is 0 Å². The summed E-state index contributed by atoms with van der Waals surface area (Å²) in [5, 5.41) is 5.73. The molecule has 1 heterocycles. The number of piperazine rings is 1. The molecule has 1 saturated carbocycles. The van der Waals surface area contributed by atoms with Gasteiger partial charge in [-0.1, -0.05) is 55.3 Å². The van der Waals surface area contributed by atoms with E-state index in [9.17, 15) is 18.8 Å². The maximum absolute atomic E-state index is 13.2. The molecule has 0 spiro atoms. The van der Waals surface area contributed by atoms with Crippen LogP contribution in [-0.2, 0) is 27.4 Å². The van der Waals surface area contributed by atoms with Gasteiger partial charge in [0.2, 0.25) is 11.8 Å². The zero-order valence-electron chi connectivity index (χ0n) is 19.0. The maximum Gasteiger partial charge on any atom is 0.407 e. The number of hydrogen-bond acceptors (Lipinski definition) is 4. The van der Waals surface area contributed by atoms with Gasteiger partial charge in [-0.2, -0.15) is 0 Å². The predicted octanol–water partition coefficient (Wildman–Crippen LogP) is 3.18. The van der Waals surface area contributed by atoms with Crippen LogP contribution in [0, 0.1) is 11.7 Å². The van der Waals surface area contributed by atoms with E-state index in [4.69, 9.17) is 4.74 Å². The Hall–Kier alpha value is -3.42. The zero-order valence-corrected chi connectivity index (χ0v) is 19.0. The van der Waals surface area contributed by atoms with Crippen molar-refractivity contribution >= 4 is 17.9 Å². The number of alkyl carbamates (subject to hydrolysis) is 1. The number of halogens is 1. The monoisotopic (exact) mass is 467 g/mol. The minimum Gasteiger partial charge on any atom is -0.445 e. The van der Waals surface area contributed by atoms with Crippen molar-refractivity contribution in [2.75, 3.05) is 13.1 Å². The Morgan fingerprint density at radius 2 is 1.76 bits per heavy atom. The molecule has 3 unspecified atom stereocenters. The van der Waals surface area contributed by atoms with Gasteiger partial charge in [0.1, 0.15) is 18.5 Å². The van der Waals surface area contributed by atoms with Crippen LogP contribution in [0.5, 0.6) is 0 Å². The average molecular weight is 468 g/mol. The molecule has 1 aliphatic carbocycles. The Labute approximate surface area is 198 Å². The van der Waals surface area contributed by atoms with Gasteiger partial charge in [-0.3, -0.25) is 9.59 Å². The van der Waals surface area contributed by atoms with E-state index in [1.807, 2.05) is 30.3 Å². The number of ether oxygens (including phenoxy) is 1. The first-order chi connectivity index (χ1) is 16.5. The molecule has 3 amide bonds. The van der Waals surface area contributed by atoms with E-state index in [0.29, 0.717) is 13.0 Å². The van der Waals surface area contributed by atoms with Crippen molar-refractivity contribution in [2.24, 2.45) is 5.92 Å². The molecule has 2 aromatic rings. The second-order valence-electron chi connectivity index (χ2n) is 9.03. The lowest BCUT2D eigenvalue weighted by Crippen LogP contribution is -2.60. The molecule has 180 valence electrons. The van der Waals surface area contributed by atoms with E-state index in [2.05, 4.69) is 10.6 Å². The highest BCUT2D eigenvalue weighted by Gasteiger charge is 2.36. The van der Waals surface area contributed by atoms with Crippen molar-refractivity contribution in [3.8, 4) is 0 Å². The van der Waals surface area contributed by atoms with Crippen LogP contribution < -0.4 is 10.6 Å². The fourth-order valence-corrected chi connectivity index (χ4v) is 4.74. The summed E-state index contributed by atoms with van der Waals surface area (Å²) in [4.78, 5) is 39.5. The first-order valence-corrected chi connectivity index (χ1v) is 11.8. The number of carbonyl (C=O) groups is 3. The van der Waals surface area contributed by atoms with Crippen molar-refractivity contribution in [3.05, 3.63) is 71.5 Å². The van der Waals surface area contributed by atoms with Gasteiger partial charge >= 0.3 is 6.09 Å². The maximum atomic E-state index is 13.2. The molecule has 2 fully saturated rings. The fourth-order valence-electron chi connectivity index (χ4n) is 4.74. The highest BCUT2D eigenvalue weighted by atomic mass is 19.1. The SMILES string of the molecule is O=C1CN(CC2CCCCC2NC(=O)OCc2ccccc2)C(=O)C(Cc2ccc(F)cc2)N1. The van der Waals surface area contributed by atoms with E-state index >= 15 is 0 Å². The molecule has 7 nitrogen and oxygen atoms in total. The fraction of sp³-hybridized carbons (Fsp3) is 0.423. The lowest BCUT2D eigenvalue weighted by Gasteiger charge is -2.38. The minimum absolute atomic E-state index is 0.000421. The molecule has 0 bridgehead atoms. The number of rotatable bonds is 7. The number of nitrogens with one attached hydrogen (secondary N) is 2. The van der Waals surface area contributed by atoms with Crippen molar-refractivity contribution in [1.29, 1.82) is 0 Å². The van der Waals surface area contributed by atoms with Gasteiger partial charge in [-0.25, -0.2) is 9.18 Å². The number of benzene rings is 2. The molecular formula is C26H30FN3O4. The minimum atomic E-state index is -0.683. The van der Waals surface area contributed by atoms with E-state index in [1.165, 1.54) is 12.1 Å².